The molecular weight excluding hydrogens is 364 g/mol. The number of nitrogens with zero attached hydrogens (tertiary/aromatic N) is 1. The number of hydrogen-bond acceptors (Lipinski definition) is 3. The minimum Gasteiger partial charge on any atom is -0.493 e. The molecule has 0 radical (unpaired) electrons. The fourth-order valence-electron chi connectivity index (χ4n) is 4.04. The minimum atomic E-state index is -0.0830. The topological polar surface area (TPSA) is 50.8 Å². The molecular formula is C24H26N2O3. The van der Waals surface area contributed by atoms with Gasteiger partial charge >= 0.3 is 6.03 Å². The van der Waals surface area contributed by atoms with E-state index in [0.29, 0.717) is 18.8 Å². The summed E-state index contributed by atoms with van der Waals surface area (Å²) in [6.45, 7) is 3.27. The van der Waals surface area contributed by atoms with Crippen LogP contribution in [-0.2, 0) is 13.0 Å². The van der Waals surface area contributed by atoms with Crippen LogP contribution < -0.4 is 14.8 Å². The van der Waals surface area contributed by atoms with Gasteiger partial charge in [-0.25, -0.2) is 4.79 Å². The summed E-state index contributed by atoms with van der Waals surface area (Å²) in [6.07, 6.45) is 0.797. The lowest BCUT2D eigenvalue weighted by Gasteiger charge is -2.31. The van der Waals surface area contributed by atoms with Crippen molar-refractivity contribution in [2.75, 3.05) is 20.8 Å². The van der Waals surface area contributed by atoms with Crippen molar-refractivity contribution in [3.8, 4) is 11.5 Å². The van der Waals surface area contributed by atoms with E-state index in [2.05, 4.69) is 29.6 Å². The fourth-order valence-corrected chi connectivity index (χ4v) is 4.04. The van der Waals surface area contributed by atoms with Crippen molar-refractivity contribution in [1.82, 2.24) is 10.2 Å². The normalized spacial score (nSPS) is 14.2. The maximum Gasteiger partial charge on any atom is 0.318 e. The van der Waals surface area contributed by atoms with E-state index in [1.807, 2.05) is 42.2 Å². The largest absolute Gasteiger partial charge is 0.493 e. The van der Waals surface area contributed by atoms with Gasteiger partial charge in [0.15, 0.2) is 11.5 Å². The quantitative estimate of drug-likeness (QED) is 0.703. The molecule has 3 aromatic carbocycles. The highest BCUT2D eigenvalue weighted by Crippen LogP contribution is 2.33. The molecule has 5 heteroatoms. The van der Waals surface area contributed by atoms with Crippen LogP contribution in [0.4, 0.5) is 4.79 Å². The zero-order valence-corrected chi connectivity index (χ0v) is 17.1. The second kappa shape index (κ2) is 8.03. The number of carbonyl (C=O) groups is 1. The number of carbonyl (C=O) groups excluding carboxylic acids is 1. The summed E-state index contributed by atoms with van der Waals surface area (Å²) in [5, 5.41) is 5.52. The van der Waals surface area contributed by atoms with E-state index in [1.165, 1.54) is 16.3 Å². The maximum absolute atomic E-state index is 13.0. The molecule has 0 aromatic heterocycles. The Morgan fingerprint density at radius 2 is 1.69 bits per heavy atom. The number of fused-ring (bicyclic) bond motifs is 2. The first kappa shape index (κ1) is 19.1. The van der Waals surface area contributed by atoms with E-state index in [4.69, 9.17) is 9.47 Å². The molecule has 4 rings (SSSR count). The third-order valence-corrected chi connectivity index (χ3v) is 5.64. The molecule has 2 amide bonds. The second-order valence-corrected chi connectivity index (χ2v) is 7.39. The first-order chi connectivity index (χ1) is 14.1. The smallest absolute Gasteiger partial charge is 0.318 e. The number of amides is 2. The average Bonchev–Trinajstić information content (AvgIpc) is 2.77. The van der Waals surface area contributed by atoms with Crippen molar-refractivity contribution in [1.29, 1.82) is 0 Å². The summed E-state index contributed by atoms with van der Waals surface area (Å²) in [6, 6.07) is 18.3. The van der Waals surface area contributed by atoms with E-state index in [-0.39, 0.29) is 12.1 Å². The van der Waals surface area contributed by atoms with Gasteiger partial charge in [-0.1, -0.05) is 42.5 Å². The molecule has 0 spiro atoms. The molecule has 1 atom stereocenters. The van der Waals surface area contributed by atoms with Crippen LogP contribution in [0.15, 0.2) is 54.6 Å². The molecule has 5 nitrogen and oxygen atoms in total. The Balaban J connectivity index is 1.51. The van der Waals surface area contributed by atoms with Crippen molar-refractivity contribution >= 4 is 16.8 Å². The molecule has 1 unspecified atom stereocenters. The number of benzene rings is 3. The zero-order valence-electron chi connectivity index (χ0n) is 17.1. The lowest BCUT2D eigenvalue weighted by molar-refractivity contribution is 0.189. The van der Waals surface area contributed by atoms with E-state index >= 15 is 0 Å². The number of ether oxygens (including phenoxy) is 2. The first-order valence-electron chi connectivity index (χ1n) is 9.87. The van der Waals surface area contributed by atoms with Gasteiger partial charge < -0.3 is 19.7 Å². The lowest BCUT2D eigenvalue weighted by Crippen LogP contribution is -2.43. The van der Waals surface area contributed by atoms with Crippen molar-refractivity contribution in [3.05, 3.63) is 71.3 Å². The summed E-state index contributed by atoms with van der Waals surface area (Å²) < 4.78 is 10.8. The molecule has 1 aliphatic rings. The second-order valence-electron chi connectivity index (χ2n) is 7.39. The Morgan fingerprint density at radius 1 is 1.00 bits per heavy atom. The highest BCUT2D eigenvalue weighted by Gasteiger charge is 2.24. The van der Waals surface area contributed by atoms with Crippen LogP contribution in [0, 0.1) is 0 Å². The molecule has 3 aromatic rings. The molecule has 0 aliphatic carbocycles. The average molecular weight is 390 g/mol. The van der Waals surface area contributed by atoms with Gasteiger partial charge in [0.05, 0.1) is 20.3 Å². The monoisotopic (exact) mass is 390 g/mol. The van der Waals surface area contributed by atoms with Crippen molar-refractivity contribution in [2.45, 2.75) is 25.9 Å². The van der Waals surface area contributed by atoms with Crippen LogP contribution in [0.5, 0.6) is 11.5 Å². The lowest BCUT2D eigenvalue weighted by atomic mass is 9.98. The van der Waals surface area contributed by atoms with Crippen LogP contribution in [-0.4, -0.2) is 31.7 Å². The molecule has 29 heavy (non-hydrogen) atoms. The highest BCUT2D eigenvalue weighted by molar-refractivity contribution is 5.86. The molecule has 0 saturated heterocycles. The third kappa shape index (κ3) is 3.73. The van der Waals surface area contributed by atoms with Gasteiger partial charge in [0, 0.05) is 13.1 Å². The van der Waals surface area contributed by atoms with Gasteiger partial charge in [0.2, 0.25) is 0 Å². The summed E-state index contributed by atoms with van der Waals surface area (Å²) in [4.78, 5) is 14.8. The molecule has 0 saturated carbocycles. The van der Waals surface area contributed by atoms with Crippen LogP contribution in [0.3, 0.4) is 0 Å². The van der Waals surface area contributed by atoms with Crippen molar-refractivity contribution in [2.24, 2.45) is 0 Å². The Hall–Kier alpha value is -3.21. The number of nitrogens with one attached hydrogen (secondary N) is 1. The van der Waals surface area contributed by atoms with Gasteiger partial charge in [0.1, 0.15) is 0 Å². The van der Waals surface area contributed by atoms with Crippen molar-refractivity contribution in [3.63, 3.8) is 0 Å². The number of methoxy groups -OCH3 is 2. The third-order valence-electron chi connectivity index (χ3n) is 5.64. The Morgan fingerprint density at radius 3 is 2.45 bits per heavy atom. The number of rotatable bonds is 4. The van der Waals surface area contributed by atoms with E-state index < -0.39 is 0 Å². The molecule has 1 aliphatic heterocycles. The molecule has 1 heterocycles. The predicted molar refractivity (Wildman–Crippen MR) is 115 cm³/mol. The Kier molecular flexibility index (Phi) is 5.30. The summed E-state index contributed by atoms with van der Waals surface area (Å²) in [5.41, 5.74) is 3.43. The van der Waals surface area contributed by atoms with Crippen molar-refractivity contribution < 1.29 is 14.3 Å². The van der Waals surface area contributed by atoms with Crippen LogP contribution in [0.25, 0.3) is 10.8 Å². The van der Waals surface area contributed by atoms with Gasteiger partial charge in [-0.3, -0.25) is 0 Å². The van der Waals surface area contributed by atoms with Crippen LogP contribution in [0.1, 0.15) is 29.7 Å². The Labute approximate surface area is 171 Å². The molecule has 1 N–H and O–H groups in total. The van der Waals surface area contributed by atoms with Gasteiger partial charge in [-0.15, -0.1) is 0 Å². The molecule has 0 fully saturated rings. The van der Waals surface area contributed by atoms with E-state index in [1.54, 1.807) is 14.2 Å². The van der Waals surface area contributed by atoms with Gasteiger partial charge in [-0.05, 0) is 52.9 Å². The standard InChI is InChI=1S/C24H26N2O3/c1-16(20-10-6-8-17-7-4-5-9-21(17)20)25-24(27)26-12-11-18-13-22(28-2)23(29-3)14-19(18)15-26/h4-10,13-14,16H,11-12,15H2,1-3H3,(H,25,27). The van der Waals surface area contributed by atoms with Crippen LogP contribution >= 0.6 is 0 Å². The van der Waals surface area contributed by atoms with E-state index in [9.17, 15) is 4.79 Å². The van der Waals surface area contributed by atoms with E-state index in [0.717, 1.165) is 23.3 Å². The first-order valence-corrected chi connectivity index (χ1v) is 9.87. The maximum atomic E-state index is 13.0. The van der Waals surface area contributed by atoms with Gasteiger partial charge in [0.25, 0.3) is 0 Å². The predicted octanol–water partition coefficient (Wildman–Crippen LogP) is 4.69. The summed E-state index contributed by atoms with van der Waals surface area (Å²) in [7, 11) is 3.27. The fraction of sp³-hybridized carbons (Fsp3) is 0.292. The molecule has 150 valence electrons. The zero-order chi connectivity index (χ0) is 20.4. The molecule has 0 bridgehead atoms. The van der Waals surface area contributed by atoms with Crippen LogP contribution in [0.2, 0.25) is 0 Å². The van der Waals surface area contributed by atoms with Gasteiger partial charge in [-0.2, -0.15) is 0 Å². The summed E-state index contributed by atoms with van der Waals surface area (Å²) in [5.74, 6) is 1.42. The SMILES string of the molecule is COc1cc2c(cc1OC)CN(C(=O)NC(C)c1cccc3ccccc13)CC2. The minimum absolute atomic E-state index is 0.0501. The summed E-state index contributed by atoms with van der Waals surface area (Å²) >= 11 is 0. The number of hydrogen-bond donors (Lipinski definition) is 1. The number of urea groups is 1. The Bertz CT molecular complexity index is 1040. The highest BCUT2D eigenvalue weighted by atomic mass is 16.5.